The molecule has 10 heteroatoms. The zero-order valence-electron chi connectivity index (χ0n) is 14.3. The van der Waals surface area contributed by atoms with Gasteiger partial charge in [-0.25, -0.2) is 8.42 Å². The van der Waals surface area contributed by atoms with E-state index in [0.29, 0.717) is 19.1 Å². The highest BCUT2D eigenvalue weighted by Gasteiger charge is 2.61. The first-order valence-electron chi connectivity index (χ1n) is 8.92. The van der Waals surface area contributed by atoms with Crippen molar-refractivity contribution in [1.29, 1.82) is 0 Å². The molecular weight excluding hydrogens is 372 g/mol. The summed E-state index contributed by atoms with van der Waals surface area (Å²) in [7, 11) is -6.06. The molecule has 5 fully saturated rings. The van der Waals surface area contributed by atoms with Crippen LogP contribution in [0.15, 0.2) is 0 Å². The van der Waals surface area contributed by atoms with Crippen molar-refractivity contribution in [2.45, 2.75) is 55.6 Å². The van der Waals surface area contributed by atoms with E-state index in [2.05, 4.69) is 5.32 Å². The molecule has 148 valence electrons. The van der Waals surface area contributed by atoms with E-state index in [1.54, 1.807) is 0 Å². The van der Waals surface area contributed by atoms with E-state index in [9.17, 15) is 26.5 Å². The van der Waals surface area contributed by atoms with Gasteiger partial charge in [0.2, 0.25) is 0 Å². The van der Waals surface area contributed by atoms with E-state index in [1.807, 2.05) is 6.92 Å². The molecule has 0 radical (unpaired) electrons. The predicted molar refractivity (Wildman–Crippen MR) is 83.1 cm³/mol. The molecule has 7 nitrogen and oxygen atoms in total. The zero-order valence-corrected chi connectivity index (χ0v) is 15.1. The van der Waals surface area contributed by atoms with Gasteiger partial charge in [-0.1, -0.05) is 0 Å². The highest BCUT2D eigenvalue weighted by Crippen LogP contribution is 2.59. The summed E-state index contributed by atoms with van der Waals surface area (Å²) in [6.45, 7) is 3.01. The van der Waals surface area contributed by atoms with Crippen molar-refractivity contribution in [2.24, 2.45) is 23.7 Å². The third kappa shape index (κ3) is 2.85. The molecule has 7 unspecified atom stereocenters. The largest absolute Gasteiger partial charge is 0.743 e. The Morgan fingerprint density at radius 1 is 1.35 bits per heavy atom. The van der Waals surface area contributed by atoms with E-state index in [0.717, 1.165) is 25.7 Å². The number of ether oxygens (including phenoxy) is 2. The number of amides is 1. The van der Waals surface area contributed by atoms with Crippen molar-refractivity contribution < 1.29 is 36.0 Å². The highest BCUT2D eigenvalue weighted by atomic mass is 32.2. The Bertz CT molecular complexity index is 712. The Morgan fingerprint density at radius 3 is 2.65 bits per heavy atom. The summed E-state index contributed by atoms with van der Waals surface area (Å²) in [5, 5.41) is -2.78. The molecule has 0 aromatic heterocycles. The Hall–Kier alpha value is -0.840. The highest BCUT2D eigenvalue weighted by molar-refractivity contribution is 7.87. The van der Waals surface area contributed by atoms with Crippen LogP contribution in [0, 0.1) is 23.7 Å². The smallest absolute Gasteiger partial charge is 0.410 e. The molecule has 4 aliphatic carbocycles. The fourth-order valence-electron chi connectivity index (χ4n) is 5.39. The second-order valence-electron chi connectivity index (χ2n) is 8.29. The van der Waals surface area contributed by atoms with Crippen LogP contribution in [0.4, 0.5) is 8.78 Å². The molecule has 1 amide bonds. The fraction of sp³-hybridized carbons (Fsp3) is 0.938. The summed E-state index contributed by atoms with van der Waals surface area (Å²) in [6.07, 6.45) is 3.36. The minimum absolute atomic E-state index is 0.000422. The van der Waals surface area contributed by atoms with Gasteiger partial charge < -0.3 is 19.3 Å². The molecule has 5 aliphatic rings. The number of rotatable bonds is 6. The van der Waals surface area contributed by atoms with E-state index in [-0.39, 0.29) is 23.9 Å². The van der Waals surface area contributed by atoms with Crippen LogP contribution >= 0.6 is 0 Å². The van der Waals surface area contributed by atoms with Gasteiger partial charge in [-0.15, -0.1) is 0 Å². The molecule has 1 N–H and O–H groups in total. The second-order valence-corrected chi connectivity index (χ2v) is 9.71. The van der Waals surface area contributed by atoms with E-state index in [1.165, 1.54) is 0 Å². The topological polar surface area (TPSA) is 108 Å². The first kappa shape index (κ1) is 18.5. The third-order valence-corrected chi connectivity index (χ3v) is 7.59. The summed E-state index contributed by atoms with van der Waals surface area (Å²) in [5.74, 6) is -1.47. The van der Waals surface area contributed by atoms with Crippen LogP contribution in [0.5, 0.6) is 0 Å². The predicted octanol–water partition coefficient (Wildman–Crippen LogP) is 0.849. The van der Waals surface area contributed by atoms with E-state index in [4.69, 9.17) is 9.47 Å². The number of alkyl halides is 2. The van der Waals surface area contributed by atoms with Crippen molar-refractivity contribution in [1.82, 2.24) is 5.32 Å². The van der Waals surface area contributed by atoms with Crippen molar-refractivity contribution in [3.63, 3.8) is 0 Å². The summed E-state index contributed by atoms with van der Waals surface area (Å²) in [5.41, 5.74) is -0.580. The van der Waals surface area contributed by atoms with Gasteiger partial charge in [-0.05, 0) is 50.4 Å². The van der Waals surface area contributed by atoms with Crippen LogP contribution < -0.4 is 5.32 Å². The van der Waals surface area contributed by atoms with Gasteiger partial charge in [-0.2, -0.15) is 8.78 Å². The monoisotopic (exact) mass is 394 g/mol. The average Bonchev–Trinajstić information content (AvgIpc) is 3.36. The van der Waals surface area contributed by atoms with Gasteiger partial charge in [0.1, 0.15) is 6.10 Å². The summed E-state index contributed by atoms with van der Waals surface area (Å²) < 4.78 is 70.8. The lowest BCUT2D eigenvalue weighted by Crippen LogP contribution is -2.68. The lowest BCUT2D eigenvalue weighted by Gasteiger charge is -2.62. The van der Waals surface area contributed by atoms with Crippen LogP contribution in [0.2, 0.25) is 0 Å². The van der Waals surface area contributed by atoms with Gasteiger partial charge in [-0.3, -0.25) is 4.79 Å². The number of epoxide rings is 1. The fourth-order valence-corrected chi connectivity index (χ4v) is 5.68. The number of carbonyl (C=O) groups is 1. The molecule has 26 heavy (non-hydrogen) atoms. The molecule has 1 aliphatic heterocycles. The Morgan fingerprint density at radius 2 is 2.04 bits per heavy atom. The number of halogens is 2. The maximum Gasteiger partial charge on any atom is 0.410 e. The van der Waals surface area contributed by atoms with Gasteiger partial charge in [0.15, 0.2) is 10.1 Å². The average molecular weight is 394 g/mol. The van der Waals surface area contributed by atoms with E-state index >= 15 is 0 Å². The number of hydrogen-bond acceptors (Lipinski definition) is 6. The van der Waals surface area contributed by atoms with Crippen molar-refractivity contribution in [2.75, 3.05) is 13.2 Å². The van der Waals surface area contributed by atoms with Crippen LogP contribution in [0.3, 0.4) is 0 Å². The normalized spacial score (nSPS) is 44.2. The molecule has 4 bridgehead atoms. The van der Waals surface area contributed by atoms with Gasteiger partial charge >= 0.3 is 11.2 Å². The van der Waals surface area contributed by atoms with Crippen molar-refractivity contribution in [3.8, 4) is 0 Å². The molecule has 7 atom stereocenters. The SMILES string of the molecule is CC1(OCC2CO2)C2CC3CC(C2)C(NC(=O)C(F)(F)S(=O)(=O)[O-])C1C3. The van der Waals surface area contributed by atoms with Crippen LogP contribution in [-0.2, 0) is 24.4 Å². The Kier molecular flexibility index (Phi) is 4.15. The lowest BCUT2D eigenvalue weighted by atomic mass is 9.48. The molecule has 1 heterocycles. The summed E-state index contributed by atoms with van der Waals surface area (Å²) in [6, 6.07) is -0.618. The number of hydrogen-bond donors (Lipinski definition) is 1. The third-order valence-electron chi connectivity index (χ3n) is 6.78. The summed E-state index contributed by atoms with van der Waals surface area (Å²) >= 11 is 0. The Balaban J connectivity index is 1.55. The minimum atomic E-state index is -6.06. The molecule has 1 saturated heterocycles. The molecule has 5 rings (SSSR count). The first-order chi connectivity index (χ1) is 12.0. The van der Waals surface area contributed by atoms with Crippen LogP contribution in [-0.4, -0.2) is 55.1 Å². The molecule has 0 spiro atoms. The molecule has 0 aromatic carbocycles. The minimum Gasteiger partial charge on any atom is -0.743 e. The standard InChI is InChI=1S/C16H23F2NO6S/c1-15(25-7-11-6-24-11)10-3-8-2-9(5-10)13(12(15)4-8)19-14(20)16(17,18)26(21,22)23/h8-13H,2-7H2,1H3,(H,19,20)(H,21,22,23)/p-1. The van der Waals surface area contributed by atoms with Gasteiger partial charge in [0.05, 0.1) is 18.8 Å². The quantitative estimate of drug-likeness (QED) is 0.529. The molecule has 4 saturated carbocycles. The number of nitrogens with one attached hydrogen (secondary N) is 1. The van der Waals surface area contributed by atoms with Crippen molar-refractivity contribution in [3.05, 3.63) is 0 Å². The number of carbonyl (C=O) groups excluding carboxylic acids is 1. The van der Waals surface area contributed by atoms with Gasteiger partial charge in [0.25, 0.3) is 0 Å². The molecule has 0 aromatic rings. The van der Waals surface area contributed by atoms with Gasteiger partial charge in [0, 0.05) is 12.0 Å². The van der Waals surface area contributed by atoms with Crippen LogP contribution in [0.1, 0.15) is 32.6 Å². The van der Waals surface area contributed by atoms with E-state index < -0.39 is 32.9 Å². The first-order valence-corrected chi connectivity index (χ1v) is 10.3. The second kappa shape index (κ2) is 5.83. The Labute approximate surface area is 150 Å². The lowest BCUT2D eigenvalue weighted by molar-refractivity contribution is -0.208. The summed E-state index contributed by atoms with van der Waals surface area (Å²) in [4.78, 5) is 11.9. The van der Waals surface area contributed by atoms with Crippen molar-refractivity contribution >= 4 is 16.0 Å². The maximum absolute atomic E-state index is 13.6. The maximum atomic E-state index is 13.6. The molecular formula is C16H22F2NO6S-. The zero-order chi connectivity index (χ0) is 18.9. The van der Waals surface area contributed by atoms with Crippen LogP contribution in [0.25, 0.3) is 0 Å².